The molecule has 0 saturated heterocycles. The van der Waals surface area contributed by atoms with E-state index in [2.05, 4.69) is 41.6 Å². The molecule has 2 atom stereocenters. The number of fused-ring (bicyclic) bond motifs is 1. The molecule has 31 heavy (non-hydrogen) atoms. The summed E-state index contributed by atoms with van der Waals surface area (Å²) < 4.78 is 7.36. The van der Waals surface area contributed by atoms with E-state index >= 15 is 0 Å². The van der Waals surface area contributed by atoms with Gasteiger partial charge in [-0.3, -0.25) is 9.36 Å². The van der Waals surface area contributed by atoms with Crippen LogP contribution >= 0.6 is 11.8 Å². The molecule has 4 rings (SSSR count). The Bertz CT molecular complexity index is 1080. The minimum absolute atomic E-state index is 0.103. The van der Waals surface area contributed by atoms with E-state index in [4.69, 9.17) is 4.74 Å². The molecule has 0 fully saturated rings. The Morgan fingerprint density at radius 1 is 1.10 bits per heavy atom. The number of hydrogen-bond acceptors (Lipinski definition) is 5. The molecule has 0 aliphatic carbocycles. The summed E-state index contributed by atoms with van der Waals surface area (Å²) in [6.07, 6.45) is 0.892. The monoisotopic (exact) mass is 436 g/mol. The lowest BCUT2D eigenvalue weighted by Gasteiger charge is -2.26. The summed E-state index contributed by atoms with van der Waals surface area (Å²) in [5.74, 6) is 1.69. The smallest absolute Gasteiger partial charge is 0.240 e. The topological polar surface area (TPSA) is 60.3 Å². The largest absolute Gasteiger partial charge is 0.497 e. The Balaban J connectivity index is 1.59. The second-order valence-corrected chi connectivity index (χ2v) is 9.46. The minimum atomic E-state index is -0.279. The van der Waals surface area contributed by atoms with E-state index in [0.29, 0.717) is 0 Å². The molecule has 2 heterocycles. The van der Waals surface area contributed by atoms with Gasteiger partial charge in [-0.1, -0.05) is 30.0 Å². The van der Waals surface area contributed by atoms with Gasteiger partial charge in [-0.2, -0.15) is 0 Å². The van der Waals surface area contributed by atoms with Gasteiger partial charge in [0.2, 0.25) is 5.91 Å². The molecule has 1 aromatic heterocycles. The van der Waals surface area contributed by atoms with Gasteiger partial charge in [-0.05, 0) is 70.0 Å². The summed E-state index contributed by atoms with van der Waals surface area (Å²) in [5.41, 5.74) is 3.22. The van der Waals surface area contributed by atoms with Crippen molar-refractivity contribution in [3.8, 4) is 17.1 Å². The van der Waals surface area contributed by atoms with Crippen LogP contribution in [0, 0.1) is 0 Å². The van der Waals surface area contributed by atoms with Crippen molar-refractivity contribution in [1.29, 1.82) is 0 Å². The first-order valence-electron chi connectivity index (χ1n) is 10.6. The summed E-state index contributed by atoms with van der Waals surface area (Å²) >= 11 is 1.47. The highest BCUT2D eigenvalue weighted by Crippen LogP contribution is 2.36. The van der Waals surface area contributed by atoms with Gasteiger partial charge >= 0.3 is 0 Å². The maximum Gasteiger partial charge on any atom is 0.240 e. The van der Waals surface area contributed by atoms with Crippen LogP contribution in [0.3, 0.4) is 0 Å². The minimum Gasteiger partial charge on any atom is -0.497 e. The van der Waals surface area contributed by atoms with Gasteiger partial charge in [0.1, 0.15) is 5.75 Å². The third kappa shape index (κ3) is 4.06. The van der Waals surface area contributed by atoms with Gasteiger partial charge in [-0.15, -0.1) is 10.2 Å². The van der Waals surface area contributed by atoms with Crippen molar-refractivity contribution in [3.63, 3.8) is 0 Å². The molecule has 3 aromatic rings. The zero-order valence-electron chi connectivity index (χ0n) is 18.6. The van der Waals surface area contributed by atoms with Crippen molar-refractivity contribution in [2.75, 3.05) is 12.0 Å². The molecule has 7 heteroatoms. The SMILES string of the molecule is COc1ccc(-c2nnc(S[C@H](C)C(=O)N3c4ccccc4C[C@H]3C)n2C(C)C)cc1. The molecule has 1 aliphatic rings. The molecule has 0 unspecified atom stereocenters. The highest BCUT2D eigenvalue weighted by atomic mass is 32.2. The van der Waals surface area contributed by atoms with Crippen LogP contribution in [0.15, 0.2) is 53.7 Å². The number of carbonyl (C=O) groups is 1. The van der Waals surface area contributed by atoms with E-state index in [9.17, 15) is 4.79 Å². The van der Waals surface area contributed by atoms with Crippen LogP contribution in [0.1, 0.15) is 39.3 Å². The van der Waals surface area contributed by atoms with E-state index in [0.717, 1.165) is 34.4 Å². The van der Waals surface area contributed by atoms with E-state index < -0.39 is 0 Å². The predicted molar refractivity (Wildman–Crippen MR) is 125 cm³/mol. The number of thioether (sulfide) groups is 1. The second-order valence-electron chi connectivity index (χ2n) is 8.15. The number of aromatic nitrogens is 3. The first kappa shape index (κ1) is 21.4. The second kappa shape index (κ2) is 8.75. The molecule has 0 N–H and O–H groups in total. The summed E-state index contributed by atoms with van der Waals surface area (Å²) in [6, 6.07) is 16.3. The number of hydrogen-bond donors (Lipinski definition) is 0. The maximum atomic E-state index is 13.4. The van der Waals surface area contributed by atoms with Gasteiger partial charge in [0.05, 0.1) is 12.4 Å². The van der Waals surface area contributed by atoms with Crippen molar-refractivity contribution < 1.29 is 9.53 Å². The van der Waals surface area contributed by atoms with Crippen LogP contribution in [0.4, 0.5) is 5.69 Å². The van der Waals surface area contributed by atoms with E-state index in [1.165, 1.54) is 17.3 Å². The fraction of sp³-hybridized carbons (Fsp3) is 0.375. The lowest BCUT2D eigenvalue weighted by Crippen LogP contribution is -2.40. The summed E-state index contributed by atoms with van der Waals surface area (Å²) in [5, 5.41) is 9.37. The average Bonchev–Trinajstić information content (AvgIpc) is 3.33. The van der Waals surface area contributed by atoms with Crippen molar-refractivity contribution >= 4 is 23.4 Å². The van der Waals surface area contributed by atoms with Crippen LogP contribution in [0.25, 0.3) is 11.4 Å². The third-order valence-electron chi connectivity index (χ3n) is 5.60. The zero-order valence-corrected chi connectivity index (χ0v) is 19.4. The van der Waals surface area contributed by atoms with Crippen molar-refractivity contribution in [1.82, 2.24) is 14.8 Å². The average molecular weight is 437 g/mol. The fourth-order valence-corrected chi connectivity index (χ4v) is 5.09. The highest BCUT2D eigenvalue weighted by Gasteiger charge is 2.34. The van der Waals surface area contributed by atoms with Gasteiger partial charge < -0.3 is 9.64 Å². The standard InChI is InChI=1S/C24H28N4O2S/c1-15(2)27-22(18-10-12-20(30-5)13-11-18)25-26-24(27)31-17(4)23(29)28-16(3)14-19-8-6-7-9-21(19)28/h6-13,15-17H,14H2,1-5H3/t16-,17-/m1/s1. The molecule has 1 aliphatic heterocycles. The van der Waals surface area contributed by atoms with Crippen molar-refractivity contribution in [2.24, 2.45) is 0 Å². The Morgan fingerprint density at radius 3 is 2.48 bits per heavy atom. The number of amides is 1. The molecule has 0 radical (unpaired) electrons. The Kier molecular flexibility index (Phi) is 6.05. The number of methoxy groups -OCH3 is 1. The Hall–Kier alpha value is -2.80. The molecule has 6 nitrogen and oxygen atoms in total. The van der Waals surface area contributed by atoms with E-state index in [-0.39, 0.29) is 23.2 Å². The lowest BCUT2D eigenvalue weighted by molar-refractivity contribution is -0.118. The number of para-hydroxylation sites is 1. The fourth-order valence-electron chi connectivity index (χ4n) is 4.07. The Labute approximate surface area is 187 Å². The lowest BCUT2D eigenvalue weighted by atomic mass is 10.1. The van der Waals surface area contributed by atoms with Gasteiger partial charge in [0, 0.05) is 23.3 Å². The van der Waals surface area contributed by atoms with Crippen molar-refractivity contribution in [3.05, 3.63) is 54.1 Å². The van der Waals surface area contributed by atoms with Crippen molar-refractivity contribution in [2.45, 2.75) is 56.6 Å². The van der Waals surface area contributed by atoms with Gasteiger partial charge in [0.15, 0.2) is 11.0 Å². The number of anilines is 1. The molecule has 162 valence electrons. The summed E-state index contributed by atoms with van der Waals surface area (Å²) in [7, 11) is 1.65. The third-order valence-corrected chi connectivity index (χ3v) is 6.65. The number of ether oxygens (including phenoxy) is 1. The summed E-state index contributed by atoms with van der Waals surface area (Å²) in [6.45, 7) is 8.26. The zero-order chi connectivity index (χ0) is 22.1. The predicted octanol–water partition coefficient (Wildman–Crippen LogP) is 4.99. The Morgan fingerprint density at radius 2 is 1.81 bits per heavy atom. The molecular formula is C24H28N4O2S. The molecule has 0 spiro atoms. The number of benzene rings is 2. The van der Waals surface area contributed by atoms with E-state index in [1.807, 2.05) is 54.3 Å². The first-order chi connectivity index (χ1) is 14.9. The molecule has 0 bridgehead atoms. The first-order valence-corrected chi connectivity index (χ1v) is 11.5. The van der Waals surface area contributed by atoms with Gasteiger partial charge in [-0.25, -0.2) is 0 Å². The summed E-state index contributed by atoms with van der Waals surface area (Å²) in [4.78, 5) is 15.3. The quantitative estimate of drug-likeness (QED) is 0.509. The van der Waals surface area contributed by atoms with Crippen LogP contribution in [-0.2, 0) is 11.2 Å². The van der Waals surface area contributed by atoms with Crippen LogP contribution in [-0.4, -0.2) is 39.1 Å². The molecule has 2 aromatic carbocycles. The van der Waals surface area contributed by atoms with Crippen LogP contribution in [0.5, 0.6) is 5.75 Å². The molecular weight excluding hydrogens is 408 g/mol. The van der Waals surface area contributed by atoms with Crippen LogP contribution in [0.2, 0.25) is 0 Å². The van der Waals surface area contributed by atoms with E-state index in [1.54, 1.807) is 7.11 Å². The van der Waals surface area contributed by atoms with Gasteiger partial charge in [0.25, 0.3) is 0 Å². The maximum absolute atomic E-state index is 13.4. The highest BCUT2D eigenvalue weighted by molar-refractivity contribution is 8.00. The number of rotatable bonds is 6. The molecule has 0 saturated carbocycles. The number of carbonyl (C=O) groups excluding carboxylic acids is 1. The van der Waals surface area contributed by atoms with Crippen LogP contribution < -0.4 is 9.64 Å². The normalized spacial score (nSPS) is 16.5. The number of nitrogens with zero attached hydrogens (tertiary/aromatic N) is 4. The molecule has 1 amide bonds.